The molecule has 1 heterocycles. The average Bonchev–Trinajstić information content (AvgIpc) is 3.35. The molecule has 1 aliphatic rings. The summed E-state index contributed by atoms with van der Waals surface area (Å²) in [5, 5.41) is 13.2. The summed E-state index contributed by atoms with van der Waals surface area (Å²) in [5.74, 6) is 0.717. The first-order valence-corrected chi connectivity index (χ1v) is 10.4. The Morgan fingerprint density at radius 2 is 1.87 bits per heavy atom. The Labute approximate surface area is 178 Å². The van der Waals surface area contributed by atoms with Gasteiger partial charge in [-0.1, -0.05) is 30.3 Å². The van der Waals surface area contributed by atoms with Crippen LogP contribution in [0.25, 0.3) is 0 Å². The number of nitrogens with one attached hydrogen (secondary N) is 1. The molecule has 0 bridgehead atoms. The van der Waals surface area contributed by atoms with Crippen LogP contribution < -0.4 is 10.1 Å². The number of carbonyl (C=O) groups excluding carboxylic acids is 1. The fourth-order valence-electron chi connectivity index (χ4n) is 3.22. The van der Waals surface area contributed by atoms with Gasteiger partial charge in [0.2, 0.25) is 0 Å². The van der Waals surface area contributed by atoms with Crippen molar-refractivity contribution in [2.75, 3.05) is 13.2 Å². The molecular weight excluding hydrogens is 378 g/mol. The first kappa shape index (κ1) is 22.1. The molecule has 2 N–H and O–H groups in total. The lowest BCUT2D eigenvalue weighted by Gasteiger charge is -2.11. The Balaban J connectivity index is 1.37. The van der Waals surface area contributed by atoms with Crippen LogP contribution in [0.4, 0.5) is 0 Å². The smallest absolute Gasteiger partial charge is 0.251 e. The van der Waals surface area contributed by atoms with E-state index in [1.54, 1.807) is 12.1 Å². The highest BCUT2D eigenvalue weighted by molar-refractivity contribution is 5.94. The molecule has 1 aliphatic heterocycles. The zero-order valence-corrected chi connectivity index (χ0v) is 17.9. The number of amides is 1. The number of aliphatic hydroxyl groups excluding tert-OH is 1. The van der Waals surface area contributed by atoms with E-state index in [9.17, 15) is 9.90 Å². The van der Waals surface area contributed by atoms with E-state index in [1.807, 2.05) is 69.3 Å². The van der Waals surface area contributed by atoms with Crippen LogP contribution in [0.1, 0.15) is 43.1 Å². The summed E-state index contributed by atoms with van der Waals surface area (Å²) >= 11 is 0. The lowest BCUT2D eigenvalue weighted by Crippen LogP contribution is -2.25. The van der Waals surface area contributed by atoms with E-state index in [2.05, 4.69) is 5.32 Å². The first-order chi connectivity index (χ1) is 14.3. The van der Waals surface area contributed by atoms with Gasteiger partial charge < -0.3 is 19.9 Å². The summed E-state index contributed by atoms with van der Waals surface area (Å²) in [6, 6.07) is 17.1. The van der Waals surface area contributed by atoms with Gasteiger partial charge in [-0.15, -0.1) is 0 Å². The Morgan fingerprint density at radius 3 is 2.50 bits per heavy atom. The van der Waals surface area contributed by atoms with Crippen LogP contribution in [0.5, 0.6) is 5.75 Å². The number of aliphatic hydroxyl groups is 1. The summed E-state index contributed by atoms with van der Waals surface area (Å²) in [4.78, 5) is 12.0. The third-order valence-corrected chi connectivity index (χ3v) is 5.44. The zero-order valence-electron chi connectivity index (χ0n) is 17.9. The van der Waals surface area contributed by atoms with Crippen molar-refractivity contribution in [3.63, 3.8) is 0 Å². The van der Waals surface area contributed by atoms with Gasteiger partial charge >= 0.3 is 0 Å². The fourth-order valence-corrected chi connectivity index (χ4v) is 3.22. The van der Waals surface area contributed by atoms with Gasteiger partial charge in [-0.2, -0.15) is 0 Å². The normalized spacial score (nSPS) is 18.5. The minimum absolute atomic E-state index is 0.0586. The number of rotatable bonds is 10. The molecule has 5 heteroatoms. The second-order valence-corrected chi connectivity index (χ2v) is 8.24. The summed E-state index contributed by atoms with van der Waals surface area (Å²) < 4.78 is 11.3. The lowest BCUT2D eigenvalue weighted by molar-refractivity contribution is 0.0954. The number of benzene rings is 2. The predicted octanol–water partition coefficient (Wildman–Crippen LogP) is 3.91. The largest absolute Gasteiger partial charge is 0.490 e. The summed E-state index contributed by atoms with van der Waals surface area (Å²) in [6.45, 7) is 6.97. The Kier molecular flexibility index (Phi) is 7.29. The quantitative estimate of drug-likeness (QED) is 0.461. The molecule has 1 saturated heterocycles. The number of carbonyl (C=O) groups is 1. The zero-order chi connectivity index (χ0) is 21.6. The van der Waals surface area contributed by atoms with E-state index in [4.69, 9.17) is 9.47 Å². The monoisotopic (exact) mass is 409 g/mol. The van der Waals surface area contributed by atoms with Crippen molar-refractivity contribution in [3.8, 4) is 5.75 Å². The SMILES string of the molecule is CC(=CCOc1ccc(CCNC(=O)c2ccccc2)cc1)[C@H](O)C[C@@H]1OC1(C)C. The molecule has 0 aliphatic carbocycles. The maximum atomic E-state index is 12.0. The highest BCUT2D eigenvalue weighted by Crippen LogP contribution is 2.39. The van der Waals surface area contributed by atoms with Crippen molar-refractivity contribution in [3.05, 3.63) is 77.4 Å². The van der Waals surface area contributed by atoms with Crippen molar-refractivity contribution < 1.29 is 19.4 Å². The topological polar surface area (TPSA) is 71.1 Å². The predicted molar refractivity (Wildman–Crippen MR) is 118 cm³/mol. The Morgan fingerprint density at radius 1 is 1.20 bits per heavy atom. The minimum atomic E-state index is -0.506. The molecule has 30 heavy (non-hydrogen) atoms. The highest BCUT2D eigenvalue weighted by Gasteiger charge is 2.48. The maximum absolute atomic E-state index is 12.0. The van der Waals surface area contributed by atoms with Crippen LogP contribution in [0.15, 0.2) is 66.2 Å². The molecule has 1 amide bonds. The van der Waals surface area contributed by atoms with E-state index in [1.165, 1.54) is 0 Å². The Bertz CT molecular complexity index is 858. The molecule has 2 atom stereocenters. The summed E-state index contributed by atoms with van der Waals surface area (Å²) in [7, 11) is 0. The van der Waals surface area contributed by atoms with Gasteiger partial charge in [-0.25, -0.2) is 0 Å². The standard InChI is InChI=1S/C25H31NO4/c1-18(22(27)17-23-25(2,3)30-23)14-16-29-21-11-9-19(10-12-21)13-15-26-24(28)20-7-5-4-6-8-20/h4-12,14,22-23,27H,13,15-17H2,1-3H3,(H,26,28)/t22-,23+/m1/s1. The van der Waals surface area contributed by atoms with Crippen molar-refractivity contribution in [1.29, 1.82) is 0 Å². The van der Waals surface area contributed by atoms with Crippen LogP contribution >= 0.6 is 0 Å². The molecule has 0 radical (unpaired) electrons. The molecule has 3 rings (SSSR count). The van der Waals surface area contributed by atoms with Crippen LogP contribution in [0, 0.1) is 0 Å². The van der Waals surface area contributed by atoms with Crippen LogP contribution in [-0.2, 0) is 11.2 Å². The number of hydrogen-bond donors (Lipinski definition) is 2. The molecule has 0 aromatic heterocycles. The van der Waals surface area contributed by atoms with Gasteiger partial charge in [0.25, 0.3) is 5.91 Å². The van der Waals surface area contributed by atoms with E-state index < -0.39 is 6.10 Å². The number of epoxide rings is 1. The van der Waals surface area contributed by atoms with Crippen LogP contribution in [0.2, 0.25) is 0 Å². The van der Waals surface area contributed by atoms with E-state index in [0.717, 1.165) is 23.3 Å². The number of hydrogen-bond acceptors (Lipinski definition) is 4. The second-order valence-electron chi connectivity index (χ2n) is 8.24. The van der Waals surface area contributed by atoms with Crippen LogP contribution in [0.3, 0.4) is 0 Å². The van der Waals surface area contributed by atoms with E-state index in [0.29, 0.717) is 25.1 Å². The summed E-state index contributed by atoms with van der Waals surface area (Å²) in [5.41, 5.74) is 2.59. The molecule has 2 aromatic rings. The third kappa shape index (κ3) is 6.44. The molecule has 5 nitrogen and oxygen atoms in total. The van der Waals surface area contributed by atoms with Crippen molar-refractivity contribution in [2.45, 2.75) is 51.4 Å². The van der Waals surface area contributed by atoms with Crippen molar-refractivity contribution >= 4 is 5.91 Å². The fraction of sp³-hybridized carbons (Fsp3) is 0.400. The first-order valence-electron chi connectivity index (χ1n) is 10.4. The van der Waals surface area contributed by atoms with Gasteiger partial charge in [0.15, 0.2) is 0 Å². The van der Waals surface area contributed by atoms with Crippen molar-refractivity contribution in [1.82, 2.24) is 5.32 Å². The molecule has 0 spiro atoms. The second kappa shape index (κ2) is 9.92. The average molecular weight is 410 g/mol. The molecule has 160 valence electrons. The van der Waals surface area contributed by atoms with Gasteiger partial charge in [-0.05, 0) is 68.7 Å². The molecule has 1 fully saturated rings. The number of ether oxygens (including phenoxy) is 2. The molecule has 0 unspecified atom stereocenters. The Hall–Kier alpha value is -2.63. The molecule has 2 aromatic carbocycles. The van der Waals surface area contributed by atoms with Gasteiger partial charge in [0, 0.05) is 18.5 Å². The van der Waals surface area contributed by atoms with Crippen molar-refractivity contribution in [2.24, 2.45) is 0 Å². The lowest BCUT2D eigenvalue weighted by atomic mass is 10.0. The summed E-state index contributed by atoms with van der Waals surface area (Å²) in [6.07, 6.45) is 2.90. The van der Waals surface area contributed by atoms with Gasteiger partial charge in [0.1, 0.15) is 12.4 Å². The molecule has 0 saturated carbocycles. The highest BCUT2D eigenvalue weighted by atomic mass is 16.6. The van der Waals surface area contributed by atoms with E-state index >= 15 is 0 Å². The maximum Gasteiger partial charge on any atom is 0.251 e. The van der Waals surface area contributed by atoms with Gasteiger partial charge in [0.05, 0.1) is 17.8 Å². The third-order valence-electron chi connectivity index (χ3n) is 5.44. The van der Waals surface area contributed by atoms with E-state index in [-0.39, 0.29) is 17.6 Å². The van der Waals surface area contributed by atoms with Crippen LogP contribution in [-0.4, -0.2) is 42.0 Å². The van der Waals surface area contributed by atoms with Gasteiger partial charge in [-0.3, -0.25) is 4.79 Å². The molecular formula is C25H31NO4. The minimum Gasteiger partial charge on any atom is -0.490 e.